The van der Waals surface area contributed by atoms with Crippen molar-refractivity contribution in [1.82, 2.24) is 9.47 Å². The quantitative estimate of drug-likeness (QED) is 0.168. The fourth-order valence-electron chi connectivity index (χ4n) is 7.72. The molecule has 46 heavy (non-hydrogen) atoms. The first kappa shape index (κ1) is 33.8. The summed E-state index contributed by atoms with van der Waals surface area (Å²) in [6, 6.07) is 8.21. The van der Waals surface area contributed by atoms with E-state index in [2.05, 4.69) is 0 Å². The van der Waals surface area contributed by atoms with Crippen molar-refractivity contribution in [2.24, 2.45) is 5.92 Å². The van der Waals surface area contributed by atoms with Crippen molar-refractivity contribution in [3.8, 4) is 11.4 Å². The van der Waals surface area contributed by atoms with Crippen molar-refractivity contribution in [1.29, 1.82) is 0 Å². The van der Waals surface area contributed by atoms with Crippen LogP contribution < -0.4 is 15.2 Å². The van der Waals surface area contributed by atoms with Gasteiger partial charge in [0, 0.05) is 48.4 Å². The van der Waals surface area contributed by atoms with Gasteiger partial charge in [-0.05, 0) is 69.1 Å². The van der Waals surface area contributed by atoms with E-state index in [0.29, 0.717) is 42.7 Å². The Morgan fingerprint density at radius 2 is 1.93 bits per heavy atom. The molecule has 11 nitrogen and oxygen atoms in total. The normalized spacial score (nSPS) is 25.8. The average molecular weight is 658 g/mol. The number of aromatic nitrogens is 1. The second-order valence-corrected chi connectivity index (χ2v) is 16.8. The van der Waals surface area contributed by atoms with Crippen LogP contribution in [0.5, 0.6) is 5.75 Å². The summed E-state index contributed by atoms with van der Waals surface area (Å²) < 4.78 is 34.5. The van der Waals surface area contributed by atoms with E-state index < -0.39 is 31.6 Å². The molecule has 2 aromatic rings. The van der Waals surface area contributed by atoms with Crippen LogP contribution in [0.25, 0.3) is 5.69 Å². The summed E-state index contributed by atoms with van der Waals surface area (Å²) in [4.78, 5) is 56.4. The number of nitrogens with zero attached hydrogens (tertiary/aromatic N) is 3. The highest BCUT2D eigenvalue weighted by atomic mass is 28.4. The van der Waals surface area contributed by atoms with Crippen molar-refractivity contribution in [3.05, 3.63) is 52.4 Å². The Labute approximate surface area is 269 Å². The Balaban J connectivity index is 1.58. The molecule has 2 fully saturated rings. The second-order valence-electron chi connectivity index (χ2n) is 13.0. The number of carbonyl (C=O) groups excluding carboxylic acids is 3. The van der Waals surface area contributed by atoms with E-state index >= 15 is 4.11 Å². The molecule has 2 amide bonds. The number of halogens is 1. The predicted octanol–water partition coefficient (Wildman–Crippen LogP) is 3.68. The number of methoxy groups -OCH3 is 2. The molecule has 3 aliphatic rings. The van der Waals surface area contributed by atoms with E-state index in [1.54, 1.807) is 59.4 Å². The van der Waals surface area contributed by atoms with Gasteiger partial charge in [0.15, 0.2) is 11.4 Å². The van der Waals surface area contributed by atoms with Gasteiger partial charge in [-0.3, -0.25) is 23.7 Å². The van der Waals surface area contributed by atoms with E-state index in [1.807, 2.05) is 6.92 Å². The maximum atomic E-state index is 16.3. The minimum absolute atomic E-state index is 0.107. The number of aliphatic hydroxyl groups excluding tert-OH is 1. The van der Waals surface area contributed by atoms with Crippen LogP contribution in [0.3, 0.4) is 0 Å². The SMILES string of the molecule is COC(=O)CCCCN1C(=O)[C@@]2(O[C@@H](CC(=O)N3CCC[C@H]3CO)[C@H]([Si](C)(C)F)[C@H]2C)c2cc(-n3cccc(OC)c3=O)ccc21. The molecule has 0 saturated carbocycles. The first-order chi connectivity index (χ1) is 21.9. The fourth-order valence-corrected chi connectivity index (χ4v) is 10.2. The number of esters is 1. The van der Waals surface area contributed by atoms with Crippen LogP contribution in [0.4, 0.5) is 9.80 Å². The Bertz CT molecular complexity index is 1540. The number of pyridine rings is 1. The lowest BCUT2D eigenvalue weighted by Crippen LogP contribution is -2.45. The Kier molecular flexibility index (Phi) is 9.76. The molecule has 0 aliphatic carbocycles. The third kappa shape index (κ3) is 5.88. The average Bonchev–Trinajstić information content (AvgIpc) is 3.69. The van der Waals surface area contributed by atoms with E-state index in [9.17, 15) is 24.3 Å². The highest BCUT2D eigenvalue weighted by molar-refractivity contribution is 6.72. The molecular formula is C33H44FN3O8Si. The van der Waals surface area contributed by atoms with Crippen molar-refractivity contribution in [2.75, 3.05) is 38.8 Å². The number of likely N-dealkylation sites (tertiary alicyclic amines) is 1. The lowest BCUT2D eigenvalue weighted by molar-refractivity contribution is -0.150. The Hall–Kier alpha value is -3.55. The lowest BCUT2D eigenvalue weighted by Gasteiger charge is -2.31. The minimum Gasteiger partial charge on any atom is -0.491 e. The largest absolute Gasteiger partial charge is 0.491 e. The predicted molar refractivity (Wildman–Crippen MR) is 171 cm³/mol. The number of hydrogen-bond acceptors (Lipinski definition) is 8. The lowest BCUT2D eigenvalue weighted by atomic mass is 9.82. The van der Waals surface area contributed by atoms with Gasteiger partial charge in [0.1, 0.15) is 0 Å². The van der Waals surface area contributed by atoms with Crippen molar-refractivity contribution in [2.45, 2.75) is 81.8 Å². The highest BCUT2D eigenvalue weighted by Gasteiger charge is 2.67. The number of aliphatic hydroxyl groups is 1. The summed E-state index contributed by atoms with van der Waals surface area (Å²) in [6.07, 6.45) is 3.32. The number of amides is 2. The van der Waals surface area contributed by atoms with Gasteiger partial charge in [-0.1, -0.05) is 6.92 Å². The zero-order chi connectivity index (χ0) is 33.4. The van der Waals surface area contributed by atoms with Gasteiger partial charge in [0.2, 0.25) is 14.3 Å². The van der Waals surface area contributed by atoms with Gasteiger partial charge in [-0.25, -0.2) is 0 Å². The molecule has 1 aromatic carbocycles. The van der Waals surface area contributed by atoms with Gasteiger partial charge in [-0.15, -0.1) is 0 Å². The standard InChI is InChI=1S/C33H44FN3O8Si/c1-21-30(46(4,5)34)27(19-28(39)35-16-8-10-23(35)20-38)45-33(21)24-18-22(36-17-9-11-26(43-2)31(36)41)13-14-25(24)37(32(33)42)15-7-6-12-29(40)44-3/h9,11,13-14,17-18,21,23,27,30,38H,6-8,10,12,15-16,19-20H2,1-5H3/t21-,23+,27+,30-,33+/m1/s1. The number of rotatable bonds is 11. The van der Waals surface area contributed by atoms with E-state index in [4.69, 9.17) is 14.2 Å². The first-order valence-electron chi connectivity index (χ1n) is 15.9. The summed E-state index contributed by atoms with van der Waals surface area (Å²) in [5.74, 6) is -1.39. The third-order valence-electron chi connectivity index (χ3n) is 9.88. The molecule has 2 saturated heterocycles. The molecule has 0 unspecified atom stereocenters. The Morgan fingerprint density at radius 3 is 2.61 bits per heavy atom. The first-order valence-corrected chi connectivity index (χ1v) is 18.9. The molecule has 3 aliphatic heterocycles. The number of fused-ring (bicyclic) bond motifs is 2. The molecule has 0 radical (unpaired) electrons. The van der Waals surface area contributed by atoms with Crippen LogP contribution >= 0.6 is 0 Å². The summed E-state index contributed by atoms with van der Waals surface area (Å²) in [5.41, 5.74) is -1.09. The number of ether oxygens (including phenoxy) is 3. The van der Waals surface area contributed by atoms with E-state index in [0.717, 1.165) is 6.42 Å². The maximum absolute atomic E-state index is 16.3. The summed E-state index contributed by atoms with van der Waals surface area (Å²) in [5, 5.41) is 9.83. The number of anilines is 1. The molecule has 13 heteroatoms. The molecule has 1 aromatic heterocycles. The number of hydrogen-bond donors (Lipinski definition) is 1. The van der Waals surface area contributed by atoms with E-state index in [1.165, 1.54) is 18.8 Å². The maximum Gasteiger partial charge on any atom is 0.305 e. The molecule has 1 spiro atoms. The molecule has 0 bridgehead atoms. The molecule has 1 N–H and O–H groups in total. The number of benzene rings is 1. The van der Waals surface area contributed by atoms with Gasteiger partial charge < -0.3 is 33.2 Å². The summed E-state index contributed by atoms with van der Waals surface area (Å²) in [7, 11) is -0.788. The smallest absolute Gasteiger partial charge is 0.305 e. The number of unbranched alkanes of at least 4 members (excludes halogenated alkanes) is 1. The van der Waals surface area contributed by atoms with Crippen LogP contribution in [-0.4, -0.2) is 86.8 Å². The fraction of sp³-hybridized carbons (Fsp3) is 0.576. The van der Waals surface area contributed by atoms with Crippen LogP contribution in [-0.2, 0) is 29.5 Å². The molecular weight excluding hydrogens is 613 g/mol. The molecule has 5 atom stereocenters. The van der Waals surface area contributed by atoms with Crippen LogP contribution in [0, 0.1) is 5.92 Å². The highest BCUT2D eigenvalue weighted by Crippen LogP contribution is 2.60. The van der Waals surface area contributed by atoms with Crippen LogP contribution in [0.1, 0.15) is 51.0 Å². The second kappa shape index (κ2) is 13.3. The molecule has 4 heterocycles. The van der Waals surface area contributed by atoms with Gasteiger partial charge in [-0.2, -0.15) is 0 Å². The number of carbonyl (C=O) groups is 3. The van der Waals surface area contributed by atoms with Crippen LogP contribution in [0.15, 0.2) is 41.3 Å². The van der Waals surface area contributed by atoms with Crippen LogP contribution in [0.2, 0.25) is 18.6 Å². The molecule has 250 valence electrons. The molecule has 5 rings (SSSR count). The van der Waals surface area contributed by atoms with Gasteiger partial charge in [0.05, 0.1) is 45.1 Å². The monoisotopic (exact) mass is 657 g/mol. The van der Waals surface area contributed by atoms with Crippen molar-refractivity contribution in [3.63, 3.8) is 0 Å². The summed E-state index contributed by atoms with van der Waals surface area (Å²) in [6.45, 7) is 5.64. The van der Waals surface area contributed by atoms with Crippen molar-refractivity contribution < 1.29 is 37.8 Å². The third-order valence-corrected chi connectivity index (χ3v) is 12.3. The van der Waals surface area contributed by atoms with Crippen molar-refractivity contribution >= 4 is 31.9 Å². The Morgan fingerprint density at radius 1 is 1.17 bits per heavy atom. The van der Waals surface area contributed by atoms with E-state index in [-0.39, 0.29) is 61.1 Å². The summed E-state index contributed by atoms with van der Waals surface area (Å²) >= 11 is 0. The topological polar surface area (TPSA) is 128 Å². The zero-order valence-electron chi connectivity index (χ0n) is 27.2. The van der Waals surface area contributed by atoms with Gasteiger partial charge in [0.25, 0.3) is 11.5 Å². The van der Waals surface area contributed by atoms with Gasteiger partial charge >= 0.3 is 5.97 Å². The zero-order valence-corrected chi connectivity index (χ0v) is 28.2. The minimum atomic E-state index is -3.53.